The van der Waals surface area contributed by atoms with E-state index in [2.05, 4.69) is 11.6 Å². The number of rotatable bonds is 2. The van der Waals surface area contributed by atoms with E-state index >= 15 is 0 Å². The van der Waals surface area contributed by atoms with E-state index in [9.17, 15) is 0 Å². The zero-order valence-corrected chi connectivity index (χ0v) is 5.89. The van der Waals surface area contributed by atoms with Gasteiger partial charge in [-0.25, -0.2) is 0 Å². The first-order valence-corrected chi connectivity index (χ1v) is 2.78. The van der Waals surface area contributed by atoms with Gasteiger partial charge < -0.3 is 5.73 Å². The lowest BCUT2D eigenvalue weighted by Crippen LogP contribution is -1.89. The molecule has 0 amide bonds. The van der Waals surface area contributed by atoms with Crippen molar-refractivity contribution < 1.29 is 0 Å². The molecule has 0 aromatic carbocycles. The molecule has 0 heterocycles. The van der Waals surface area contributed by atoms with Gasteiger partial charge in [0.1, 0.15) is 0 Å². The lowest BCUT2D eigenvalue weighted by Gasteiger charge is -1.89. The molecule has 0 radical (unpaired) electrons. The Hall–Kier alpha value is -1.05. The zero-order chi connectivity index (χ0) is 7.28. The van der Waals surface area contributed by atoms with Crippen molar-refractivity contribution in [2.24, 2.45) is 10.7 Å². The summed E-state index contributed by atoms with van der Waals surface area (Å²) in [6.45, 7) is 7.24. The average Bonchev–Trinajstić information content (AvgIpc) is 1.63. The predicted octanol–water partition coefficient (Wildman–Crippen LogP) is 1.45. The van der Waals surface area contributed by atoms with Gasteiger partial charge in [0.15, 0.2) is 0 Å². The number of hydrogen-bond acceptors (Lipinski definition) is 2. The third-order valence-electron chi connectivity index (χ3n) is 0.727. The lowest BCUT2D eigenvalue weighted by molar-refractivity contribution is 1.28. The molecular weight excluding hydrogens is 112 g/mol. The Balaban J connectivity index is 4.00. The molecule has 0 bridgehead atoms. The predicted molar refractivity (Wildman–Crippen MR) is 41.3 cm³/mol. The molecule has 0 aliphatic rings. The lowest BCUT2D eigenvalue weighted by atomic mass is 10.4. The van der Waals surface area contributed by atoms with Crippen molar-refractivity contribution in [2.45, 2.75) is 13.8 Å². The Morgan fingerprint density at radius 1 is 1.67 bits per heavy atom. The van der Waals surface area contributed by atoms with Crippen LogP contribution in [0.5, 0.6) is 0 Å². The van der Waals surface area contributed by atoms with Gasteiger partial charge in [-0.15, -0.1) is 0 Å². The Morgan fingerprint density at radius 2 is 2.22 bits per heavy atom. The largest absolute Gasteiger partial charge is 0.399 e. The molecule has 0 spiro atoms. The van der Waals surface area contributed by atoms with Crippen molar-refractivity contribution in [3.05, 3.63) is 24.0 Å². The summed E-state index contributed by atoms with van der Waals surface area (Å²) in [5, 5.41) is 0. The Morgan fingerprint density at radius 3 is 2.56 bits per heavy atom. The molecule has 0 aliphatic carbocycles. The normalized spacial score (nSPS) is 12.4. The quantitative estimate of drug-likeness (QED) is 0.439. The molecule has 2 N–H and O–H groups in total. The van der Waals surface area contributed by atoms with Crippen LogP contribution in [0, 0.1) is 0 Å². The highest BCUT2D eigenvalue weighted by Crippen LogP contribution is 1.94. The number of hydrogen-bond donors (Lipinski definition) is 1. The number of nitrogens with zero attached hydrogens (tertiary/aromatic N) is 1. The van der Waals surface area contributed by atoms with Crippen LogP contribution in [-0.2, 0) is 0 Å². The average molecular weight is 124 g/mol. The third-order valence-corrected chi connectivity index (χ3v) is 0.727. The zero-order valence-electron chi connectivity index (χ0n) is 5.89. The highest BCUT2D eigenvalue weighted by atomic mass is 14.7. The fourth-order valence-electron chi connectivity index (χ4n) is 0.509. The Bertz CT molecular complexity index is 154. The van der Waals surface area contributed by atoms with Gasteiger partial charge in [-0.2, -0.15) is 0 Å². The molecule has 2 heteroatoms. The van der Waals surface area contributed by atoms with Gasteiger partial charge in [0, 0.05) is 17.6 Å². The van der Waals surface area contributed by atoms with Crippen molar-refractivity contribution in [1.29, 1.82) is 0 Å². The molecule has 0 saturated heterocycles. The molecule has 9 heavy (non-hydrogen) atoms. The fraction of sp³-hybridized carbons (Fsp3) is 0.286. The first-order chi connectivity index (χ1) is 4.16. The molecule has 0 unspecified atom stereocenters. The summed E-state index contributed by atoms with van der Waals surface area (Å²) in [5.74, 6) is 0. The standard InChI is InChI=1S/C7H12N2/c1-4-9-7(3)5-6(2)8/h4-5H,2,8H2,1,3H3/b7-5-,9-4-. The molecule has 0 fully saturated rings. The van der Waals surface area contributed by atoms with Gasteiger partial charge in [-0.05, 0) is 19.9 Å². The third kappa shape index (κ3) is 4.81. The van der Waals surface area contributed by atoms with E-state index in [0.717, 1.165) is 5.70 Å². The van der Waals surface area contributed by atoms with Crippen LogP contribution in [0.25, 0.3) is 0 Å². The Kier molecular flexibility index (Phi) is 3.44. The molecule has 2 nitrogen and oxygen atoms in total. The molecular formula is C7H12N2. The maximum atomic E-state index is 5.28. The summed E-state index contributed by atoms with van der Waals surface area (Å²) < 4.78 is 0. The van der Waals surface area contributed by atoms with Gasteiger partial charge in [-0.3, -0.25) is 4.99 Å². The SMILES string of the molecule is C=C(N)/C=C(C)\N=C/C. The maximum absolute atomic E-state index is 5.28. The molecule has 50 valence electrons. The van der Waals surface area contributed by atoms with E-state index in [1.807, 2.05) is 13.8 Å². The van der Waals surface area contributed by atoms with Crippen LogP contribution >= 0.6 is 0 Å². The summed E-state index contributed by atoms with van der Waals surface area (Å²) in [5.41, 5.74) is 6.70. The van der Waals surface area contributed by atoms with Crippen LogP contribution in [0.2, 0.25) is 0 Å². The molecule has 0 aromatic rings. The topological polar surface area (TPSA) is 38.4 Å². The van der Waals surface area contributed by atoms with Crippen molar-refractivity contribution in [3.63, 3.8) is 0 Å². The smallest absolute Gasteiger partial charge is 0.0388 e. The summed E-state index contributed by atoms with van der Waals surface area (Å²) in [7, 11) is 0. The fourth-order valence-corrected chi connectivity index (χ4v) is 0.509. The van der Waals surface area contributed by atoms with Crippen molar-refractivity contribution in [3.8, 4) is 0 Å². The first kappa shape index (κ1) is 7.95. The number of aliphatic imine (C=N–C) groups is 1. The maximum Gasteiger partial charge on any atom is 0.0388 e. The van der Waals surface area contributed by atoms with Gasteiger partial charge in [-0.1, -0.05) is 6.58 Å². The molecule has 0 saturated carbocycles. The van der Waals surface area contributed by atoms with Crippen molar-refractivity contribution >= 4 is 6.21 Å². The summed E-state index contributed by atoms with van der Waals surface area (Å²) in [6.07, 6.45) is 3.44. The molecule has 0 aromatic heterocycles. The van der Waals surface area contributed by atoms with E-state index < -0.39 is 0 Å². The van der Waals surface area contributed by atoms with Crippen LogP contribution < -0.4 is 5.73 Å². The minimum atomic E-state index is 0.540. The van der Waals surface area contributed by atoms with E-state index in [1.54, 1.807) is 12.3 Å². The monoisotopic (exact) mass is 124 g/mol. The van der Waals surface area contributed by atoms with Gasteiger partial charge in [0.2, 0.25) is 0 Å². The van der Waals surface area contributed by atoms with E-state index in [4.69, 9.17) is 5.73 Å². The minimum absolute atomic E-state index is 0.540. The highest BCUT2D eigenvalue weighted by Gasteiger charge is 1.79. The van der Waals surface area contributed by atoms with E-state index in [0.29, 0.717) is 5.70 Å². The Labute approximate surface area is 55.8 Å². The highest BCUT2D eigenvalue weighted by molar-refractivity contribution is 5.55. The number of allylic oxidation sites excluding steroid dienone is 2. The van der Waals surface area contributed by atoms with Crippen LogP contribution in [0.4, 0.5) is 0 Å². The van der Waals surface area contributed by atoms with Crippen LogP contribution in [-0.4, -0.2) is 6.21 Å². The van der Waals surface area contributed by atoms with Gasteiger partial charge >= 0.3 is 0 Å². The van der Waals surface area contributed by atoms with Crippen molar-refractivity contribution in [2.75, 3.05) is 0 Å². The second-order valence-electron chi connectivity index (χ2n) is 1.75. The van der Waals surface area contributed by atoms with Gasteiger partial charge in [0.25, 0.3) is 0 Å². The molecule has 0 atom stereocenters. The second kappa shape index (κ2) is 3.89. The van der Waals surface area contributed by atoms with Crippen LogP contribution in [0.15, 0.2) is 29.0 Å². The summed E-state index contributed by atoms with van der Waals surface area (Å²) in [4.78, 5) is 3.96. The molecule has 0 rings (SSSR count). The summed E-state index contributed by atoms with van der Waals surface area (Å²) >= 11 is 0. The summed E-state index contributed by atoms with van der Waals surface area (Å²) in [6, 6.07) is 0. The molecule has 0 aliphatic heterocycles. The number of nitrogens with two attached hydrogens (primary N) is 1. The van der Waals surface area contributed by atoms with Crippen LogP contribution in [0.3, 0.4) is 0 Å². The first-order valence-electron chi connectivity index (χ1n) is 2.78. The van der Waals surface area contributed by atoms with Gasteiger partial charge in [0.05, 0.1) is 0 Å². The van der Waals surface area contributed by atoms with E-state index in [1.165, 1.54) is 0 Å². The second-order valence-corrected chi connectivity index (χ2v) is 1.75. The van der Waals surface area contributed by atoms with E-state index in [-0.39, 0.29) is 0 Å². The van der Waals surface area contributed by atoms with Crippen molar-refractivity contribution in [1.82, 2.24) is 0 Å². The minimum Gasteiger partial charge on any atom is -0.399 e. The van der Waals surface area contributed by atoms with Crippen LogP contribution in [0.1, 0.15) is 13.8 Å².